The van der Waals surface area contributed by atoms with Crippen molar-refractivity contribution in [1.29, 1.82) is 0 Å². The number of nitrogens with zero attached hydrogens (tertiary/aromatic N) is 5. The van der Waals surface area contributed by atoms with Gasteiger partial charge < -0.3 is 4.52 Å². The van der Waals surface area contributed by atoms with Crippen molar-refractivity contribution in [3.05, 3.63) is 77.3 Å². The molecular formula is C22H22ClN5OS. The summed E-state index contributed by atoms with van der Waals surface area (Å²) in [4.78, 5) is 2.10. The Balaban J connectivity index is 1.60. The van der Waals surface area contributed by atoms with E-state index < -0.39 is 0 Å². The molecule has 0 bridgehead atoms. The second-order valence-electron chi connectivity index (χ2n) is 7.13. The maximum absolute atomic E-state index is 6.09. The number of aromatic nitrogens is 4. The summed E-state index contributed by atoms with van der Waals surface area (Å²) in [6.07, 6.45) is 0. The van der Waals surface area contributed by atoms with E-state index in [1.54, 1.807) is 11.8 Å². The standard InChI is InChI=1S/C22H22ClN5OS/c1-15(27(2)3)21-24-25-22(28(21)18-11-9-17(23)10-12-18)30-14-19-13-20(26-29-19)16-7-5-4-6-8-16/h4-13,15H,14H2,1-3H3. The Bertz CT molecular complexity index is 1110. The van der Waals surface area contributed by atoms with Gasteiger partial charge in [0, 0.05) is 22.3 Å². The molecule has 0 radical (unpaired) electrons. The Hall–Kier alpha value is -2.61. The number of hydrogen-bond acceptors (Lipinski definition) is 6. The van der Waals surface area contributed by atoms with E-state index in [2.05, 4.69) is 31.7 Å². The summed E-state index contributed by atoms with van der Waals surface area (Å²) in [5.74, 6) is 2.25. The van der Waals surface area contributed by atoms with Crippen LogP contribution in [-0.2, 0) is 5.75 Å². The van der Waals surface area contributed by atoms with E-state index in [1.165, 1.54) is 0 Å². The first-order valence-corrected chi connectivity index (χ1v) is 10.9. The summed E-state index contributed by atoms with van der Waals surface area (Å²) in [6.45, 7) is 2.10. The van der Waals surface area contributed by atoms with Gasteiger partial charge in [-0.15, -0.1) is 10.2 Å². The highest BCUT2D eigenvalue weighted by molar-refractivity contribution is 7.98. The van der Waals surface area contributed by atoms with E-state index in [9.17, 15) is 0 Å². The predicted molar refractivity (Wildman–Crippen MR) is 120 cm³/mol. The quantitative estimate of drug-likeness (QED) is 0.355. The van der Waals surface area contributed by atoms with Crippen molar-refractivity contribution in [2.24, 2.45) is 0 Å². The number of hydrogen-bond donors (Lipinski definition) is 0. The molecule has 2 aromatic heterocycles. The summed E-state index contributed by atoms with van der Waals surface area (Å²) in [5.41, 5.74) is 2.83. The Labute approximate surface area is 184 Å². The molecule has 8 heteroatoms. The molecule has 0 aliphatic rings. The van der Waals surface area contributed by atoms with Gasteiger partial charge in [-0.1, -0.05) is 58.9 Å². The first-order chi connectivity index (χ1) is 14.5. The largest absolute Gasteiger partial charge is 0.360 e. The summed E-state index contributed by atoms with van der Waals surface area (Å²) in [5, 5.41) is 14.6. The molecule has 1 atom stereocenters. The number of benzene rings is 2. The molecular weight excluding hydrogens is 418 g/mol. The number of halogens is 1. The van der Waals surface area contributed by atoms with Gasteiger partial charge in [-0.05, 0) is 45.3 Å². The van der Waals surface area contributed by atoms with E-state index in [4.69, 9.17) is 16.1 Å². The third-order valence-electron chi connectivity index (χ3n) is 4.86. The van der Waals surface area contributed by atoms with E-state index in [1.807, 2.05) is 74.8 Å². The molecule has 2 heterocycles. The second-order valence-corrected chi connectivity index (χ2v) is 8.50. The van der Waals surface area contributed by atoms with Crippen LogP contribution in [0.1, 0.15) is 24.6 Å². The highest BCUT2D eigenvalue weighted by Gasteiger charge is 2.21. The van der Waals surface area contributed by atoms with Crippen molar-refractivity contribution >= 4 is 23.4 Å². The smallest absolute Gasteiger partial charge is 0.196 e. The van der Waals surface area contributed by atoms with Gasteiger partial charge in [-0.3, -0.25) is 9.47 Å². The van der Waals surface area contributed by atoms with Crippen molar-refractivity contribution < 1.29 is 4.52 Å². The maximum Gasteiger partial charge on any atom is 0.196 e. The number of thioether (sulfide) groups is 1. The summed E-state index contributed by atoms with van der Waals surface area (Å²) < 4.78 is 7.61. The summed E-state index contributed by atoms with van der Waals surface area (Å²) in [6, 6.07) is 19.7. The van der Waals surface area contributed by atoms with Gasteiger partial charge in [0.15, 0.2) is 11.0 Å². The van der Waals surface area contributed by atoms with Gasteiger partial charge in [-0.25, -0.2) is 0 Å². The Morgan fingerprint density at radius 2 is 1.80 bits per heavy atom. The zero-order valence-corrected chi connectivity index (χ0v) is 18.6. The van der Waals surface area contributed by atoms with Crippen LogP contribution in [0.4, 0.5) is 0 Å². The third-order valence-corrected chi connectivity index (χ3v) is 6.07. The van der Waals surface area contributed by atoms with E-state index in [0.29, 0.717) is 10.8 Å². The Kier molecular flexibility index (Phi) is 6.22. The van der Waals surface area contributed by atoms with Crippen molar-refractivity contribution in [3.8, 4) is 16.9 Å². The minimum Gasteiger partial charge on any atom is -0.360 e. The maximum atomic E-state index is 6.09. The van der Waals surface area contributed by atoms with Crippen LogP contribution in [0, 0.1) is 0 Å². The molecule has 154 valence electrons. The van der Waals surface area contributed by atoms with Crippen LogP contribution in [-0.4, -0.2) is 38.9 Å². The molecule has 0 N–H and O–H groups in total. The third kappa shape index (κ3) is 4.43. The SMILES string of the molecule is CC(c1nnc(SCc2cc(-c3ccccc3)no2)n1-c1ccc(Cl)cc1)N(C)C. The van der Waals surface area contributed by atoms with Crippen LogP contribution in [0.5, 0.6) is 0 Å². The second kappa shape index (κ2) is 9.04. The van der Waals surface area contributed by atoms with Crippen molar-refractivity contribution in [3.63, 3.8) is 0 Å². The fourth-order valence-corrected chi connectivity index (χ4v) is 3.93. The molecule has 30 heavy (non-hydrogen) atoms. The van der Waals surface area contributed by atoms with Gasteiger partial charge in [0.2, 0.25) is 0 Å². The van der Waals surface area contributed by atoms with E-state index in [0.717, 1.165) is 33.7 Å². The fourth-order valence-electron chi connectivity index (χ4n) is 2.97. The monoisotopic (exact) mass is 439 g/mol. The van der Waals surface area contributed by atoms with Gasteiger partial charge in [0.05, 0.1) is 11.8 Å². The lowest BCUT2D eigenvalue weighted by molar-refractivity contribution is 0.305. The molecule has 0 spiro atoms. The predicted octanol–water partition coefficient (Wildman–Crippen LogP) is 5.49. The van der Waals surface area contributed by atoms with Crippen LogP contribution in [0.2, 0.25) is 5.02 Å². The van der Waals surface area contributed by atoms with Gasteiger partial charge >= 0.3 is 0 Å². The summed E-state index contributed by atoms with van der Waals surface area (Å²) >= 11 is 7.65. The van der Waals surface area contributed by atoms with Crippen molar-refractivity contribution in [2.45, 2.75) is 23.9 Å². The number of rotatable bonds is 7. The van der Waals surface area contributed by atoms with Crippen LogP contribution in [0.25, 0.3) is 16.9 Å². The van der Waals surface area contributed by atoms with Gasteiger partial charge in [0.25, 0.3) is 0 Å². The van der Waals surface area contributed by atoms with Crippen LogP contribution < -0.4 is 0 Å². The molecule has 4 aromatic rings. The lowest BCUT2D eigenvalue weighted by atomic mass is 10.1. The highest BCUT2D eigenvalue weighted by Crippen LogP contribution is 2.30. The minimum absolute atomic E-state index is 0.0949. The summed E-state index contributed by atoms with van der Waals surface area (Å²) in [7, 11) is 4.05. The highest BCUT2D eigenvalue weighted by atomic mass is 35.5. The van der Waals surface area contributed by atoms with Gasteiger partial charge in [0.1, 0.15) is 11.5 Å². The van der Waals surface area contributed by atoms with E-state index >= 15 is 0 Å². The Morgan fingerprint density at radius 1 is 1.07 bits per heavy atom. The Morgan fingerprint density at radius 3 is 2.50 bits per heavy atom. The molecule has 0 saturated heterocycles. The minimum atomic E-state index is 0.0949. The van der Waals surface area contributed by atoms with Crippen molar-refractivity contribution in [2.75, 3.05) is 14.1 Å². The van der Waals surface area contributed by atoms with Gasteiger partial charge in [-0.2, -0.15) is 0 Å². The first kappa shape index (κ1) is 20.7. The van der Waals surface area contributed by atoms with Crippen molar-refractivity contribution in [1.82, 2.24) is 24.8 Å². The average Bonchev–Trinajstić information content (AvgIpc) is 3.40. The molecule has 6 nitrogen and oxygen atoms in total. The zero-order chi connectivity index (χ0) is 21.1. The molecule has 0 aliphatic carbocycles. The van der Waals surface area contributed by atoms with Crippen LogP contribution >= 0.6 is 23.4 Å². The van der Waals surface area contributed by atoms with Crippen LogP contribution in [0.15, 0.2) is 70.3 Å². The topological polar surface area (TPSA) is 60.0 Å². The molecule has 0 fully saturated rings. The van der Waals surface area contributed by atoms with E-state index in [-0.39, 0.29) is 6.04 Å². The lowest BCUT2D eigenvalue weighted by Crippen LogP contribution is -2.20. The average molecular weight is 440 g/mol. The zero-order valence-electron chi connectivity index (χ0n) is 17.0. The molecule has 2 aromatic carbocycles. The lowest BCUT2D eigenvalue weighted by Gasteiger charge is -2.20. The molecule has 1 unspecified atom stereocenters. The molecule has 0 saturated carbocycles. The normalized spacial score (nSPS) is 12.4. The molecule has 0 amide bonds. The molecule has 4 rings (SSSR count). The molecule has 0 aliphatic heterocycles. The van der Waals surface area contributed by atoms with Crippen LogP contribution in [0.3, 0.4) is 0 Å². The first-order valence-electron chi connectivity index (χ1n) is 9.54. The fraction of sp³-hybridized carbons (Fsp3) is 0.227.